The maximum atomic E-state index is 12.5. The van der Waals surface area contributed by atoms with E-state index < -0.39 is 0 Å². The summed E-state index contributed by atoms with van der Waals surface area (Å²) in [6, 6.07) is 14.2. The third-order valence-corrected chi connectivity index (χ3v) is 4.10. The van der Waals surface area contributed by atoms with Crippen molar-refractivity contribution in [2.24, 2.45) is 0 Å². The number of aryl methyl sites for hydroxylation is 1. The molecule has 0 unspecified atom stereocenters. The van der Waals surface area contributed by atoms with Crippen LogP contribution in [0.5, 0.6) is 5.75 Å². The zero-order valence-corrected chi connectivity index (χ0v) is 16.0. The van der Waals surface area contributed by atoms with Gasteiger partial charge in [-0.05, 0) is 66.5 Å². The first-order valence-corrected chi connectivity index (χ1v) is 8.75. The normalized spacial score (nSPS) is 10.4. The van der Waals surface area contributed by atoms with Crippen molar-refractivity contribution in [3.05, 3.63) is 64.1 Å². The second-order valence-electron chi connectivity index (χ2n) is 5.89. The van der Waals surface area contributed by atoms with Crippen LogP contribution in [-0.2, 0) is 4.79 Å². The standard InChI is InChI=1S/C19H21BrN2O3/c1-13(2)22(21-19(24)15-7-5-4-6-8-15)18(23)12-25-17-10-9-14(3)11-16(17)20/h4-11,13H,12H2,1-3H3,(H,21,24). The molecule has 0 aliphatic carbocycles. The predicted molar refractivity (Wildman–Crippen MR) is 100 cm³/mol. The lowest BCUT2D eigenvalue weighted by molar-refractivity contribution is -0.137. The molecule has 2 amide bonds. The Labute approximate surface area is 156 Å². The first kappa shape index (κ1) is 19.0. The molecular formula is C19H21BrN2O3. The molecule has 2 aromatic rings. The molecule has 2 aromatic carbocycles. The SMILES string of the molecule is Cc1ccc(OCC(=O)N(NC(=O)c2ccccc2)C(C)C)c(Br)c1. The zero-order chi connectivity index (χ0) is 18.4. The number of benzene rings is 2. The van der Waals surface area contributed by atoms with Crippen molar-refractivity contribution in [2.75, 3.05) is 6.61 Å². The molecule has 2 rings (SSSR count). The van der Waals surface area contributed by atoms with Gasteiger partial charge in [-0.15, -0.1) is 0 Å². The molecule has 1 N–H and O–H groups in total. The van der Waals surface area contributed by atoms with Crippen LogP contribution in [0.2, 0.25) is 0 Å². The molecule has 0 saturated heterocycles. The van der Waals surface area contributed by atoms with Gasteiger partial charge in [0.25, 0.3) is 11.8 Å². The van der Waals surface area contributed by atoms with Crippen LogP contribution >= 0.6 is 15.9 Å². The minimum absolute atomic E-state index is 0.172. The van der Waals surface area contributed by atoms with Gasteiger partial charge in [0.1, 0.15) is 5.75 Å². The first-order chi connectivity index (χ1) is 11.9. The van der Waals surface area contributed by atoms with E-state index in [0.717, 1.165) is 10.0 Å². The zero-order valence-electron chi connectivity index (χ0n) is 14.5. The van der Waals surface area contributed by atoms with E-state index in [1.54, 1.807) is 30.3 Å². The lowest BCUT2D eigenvalue weighted by atomic mass is 10.2. The molecule has 132 valence electrons. The largest absolute Gasteiger partial charge is 0.483 e. The number of hydrogen-bond acceptors (Lipinski definition) is 3. The lowest BCUT2D eigenvalue weighted by Crippen LogP contribution is -2.51. The molecule has 0 aromatic heterocycles. The van der Waals surface area contributed by atoms with E-state index in [-0.39, 0.29) is 24.5 Å². The smallest absolute Gasteiger partial charge is 0.279 e. The number of hydrogen-bond donors (Lipinski definition) is 1. The highest BCUT2D eigenvalue weighted by Crippen LogP contribution is 2.25. The Kier molecular flexibility index (Phi) is 6.58. The van der Waals surface area contributed by atoms with Crippen molar-refractivity contribution in [1.29, 1.82) is 0 Å². The Morgan fingerprint density at radius 3 is 2.44 bits per heavy atom. The van der Waals surface area contributed by atoms with Crippen molar-refractivity contribution in [2.45, 2.75) is 26.8 Å². The highest BCUT2D eigenvalue weighted by Gasteiger charge is 2.21. The van der Waals surface area contributed by atoms with E-state index in [2.05, 4.69) is 21.4 Å². The molecular weight excluding hydrogens is 384 g/mol. The molecule has 0 heterocycles. The quantitative estimate of drug-likeness (QED) is 0.772. The van der Waals surface area contributed by atoms with Crippen molar-refractivity contribution >= 4 is 27.7 Å². The predicted octanol–water partition coefficient (Wildman–Crippen LogP) is 3.72. The van der Waals surface area contributed by atoms with E-state index in [9.17, 15) is 9.59 Å². The van der Waals surface area contributed by atoms with E-state index in [0.29, 0.717) is 11.3 Å². The molecule has 0 spiro atoms. The van der Waals surface area contributed by atoms with Crippen LogP contribution in [0, 0.1) is 6.92 Å². The van der Waals surface area contributed by atoms with E-state index in [1.165, 1.54) is 5.01 Å². The van der Waals surface area contributed by atoms with Gasteiger partial charge in [0.05, 0.1) is 4.47 Å². The number of hydrazine groups is 1. The van der Waals surface area contributed by atoms with Crippen LogP contribution in [-0.4, -0.2) is 29.5 Å². The third kappa shape index (κ3) is 5.32. The van der Waals surface area contributed by atoms with Gasteiger partial charge in [0, 0.05) is 11.6 Å². The molecule has 6 heteroatoms. The summed E-state index contributed by atoms with van der Waals surface area (Å²) in [5.41, 5.74) is 4.22. The topological polar surface area (TPSA) is 58.6 Å². The molecule has 25 heavy (non-hydrogen) atoms. The molecule has 5 nitrogen and oxygen atoms in total. The number of carbonyl (C=O) groups is 2. The average Bonchev–Trinajstić information content (AvgIpc) is 2.59. The Hall–Kier alpha value is -2.34. The molecule has 0 aliphatic heterocycles. The Bertz CT molecular complexity index is 748. The lowest BCUT2D eigenvalue weighted by Gasteiger charge is -2.27. The number of amides is 2. The Morgan fingerprint density at radius 2 is 1.84 bits per heavy atom. The summed E-state index contributed by atoms with van der Waals surface area (Å²) in [7, 11) is 0. The molecule has 0 saturated carbocycles. The van der Waals surface area contributed by atoms with Gasteiger partial charge in [-0.1, -0.05) is 24.3 Å². The Balaban J connectivity index is 2.01. The molecule has 0 fully saturated rings. The second-order valence-corrected chi connectivity index (χ2v) is 6.74. The summed E-state index contributed by atoms with van der Waals surface area (Å²) >= 11 is 3.41. The minimum Gasteiger partial charge on any atom is -0.483 e. The Morgan fingerprint density at radius 1 is 1.16 bits per heavy atom. The number of nitrogens with zero attached hydrogens (tertiary/aromatic N) is 1. The van der Waals surface area contributed by atoms with E-state index in [1.807, 2.05) is 39.0 Å². The average molecular weight is 405 g/mol. The fraction of sp³-hybridized carbons (Fsp3) is 0.263. The van der Waals surface area contributed by atoms with Gasteiger partial charge >= 0.3 is 0 Å². The van der Waals surface area contributed by atoms with Crippen LogP contribution in [0.1, 0.15) is 29.8 Å². The van der Waals surface area contributed by atoms with Gasteiger partial charge in [-0.3, -0.25) is 15.0 Å². The monoisotopic (exact) mass is 404 g/mol. The summed E-state index contributed by atoms with van der Waals surface area (Å²) in [5.74, 6) is -0.0806. The van der Waals surface area contributed by atoms with Crippen LogP contribution in [0.25, 0.3) is 0 Å². The van der Waals surface area contributed by atoms with E-state index >= 15 is 0 Å². The summed E-state index contributed by atoms with van der Waals surface area (Å²) in [6.45, 7) is 5.45. The molecule has 0 aliphatic rings. The number of ether oxygens (including phenoxy) is 1. The van der Waals surface area contributed by atoms with Crippen molar-refractivity contribution < 1.29 is 14.3 Å². The van der Waals surface area contributed by atoms with Gasteiger partial charge in [-0.2, -0.15) is 0 Å². The van der Waals surface area contributed by atoms with Gasteiger partial charge < -0.3 is 4.74 Å². The van der Waals surface area contributed by atoms with Crippen molar-refractivity contribution in [3.63, 3.8) is 0 Å². The van der Waals surface area contributed by atoms with Crippen LogP contribution in [0.4, 0.5) is 0 Å². The highest BCUT2D eigenvalue weighted by atomic mass is 79.9. The second kappa shape index (κ2) is 8.67. The molecule has 0 atom stereocenters. The molecule has 0 radical (unpaired) electrons. The third-order valence-electron chi connectivity index (χ3n) is 3.48. The highest BCUT2D eigenvalue weighted by molar-refractivity contribution is 9.10. The van der Waals surface area contributed by atoms with Crippen LogP contribution in [0.15, 0.2) is 53.0 Å². The van der Waals surface area contributed by atoms with Gasteiger partial charge in [0.15, 0.2) is 6.61 Å². The summed E-state index contributed by atoms with van der Waals surface area (Å²) in [4.78, 5) is 24.8. The molecule has 0 bridgehead atoms. The summed E-state index contributed by atoms with van der Waals surface area (Å²) in [5, 5.41) is 1.29. The number of halogens is 1. The maximum absolute atomic E-state index is 12.5. The number of rotatable bonds is 5. The van der Waals surface area contributed by atoms with E-state index in [4.69, 9.17) is 4.74 Å². The van der Waals surface area contributed by atoms with Crippen molar-refractivity contribution in [3.8, 4) is 5.75 Å². The fourth-order valence-corrected chi connectivity index (χ4v) is 2.78. The summed E-state index contributed by atoms with van der Waals surface area (Å²) in [6.07, 6.45) is 0. The van der Waals surface area contributed by atoms with Crippen molar-refractivity contribution in [1.82, 2.24) is 10.4 Å². The van der Waals surface area contributed by atoms with Crippen LogP contribution < -0.4 is 10.2 Å². The minimum atomic E-state index is -0.334. The fourth-order valence-electron chi connectivity index (χ4n) is 2.17. The van der Waals surface area contributed by atoms with Gasteiger partial charge in [0.2, 0.25) is 0 Å². The maximum Gasteiger partial charge on any atom is 0.279 e. The van der Waals surface area contributed by atoms with Crippen LogP contribution in [0.3, 0.4) is 0 Å². The number of nitrogens with one attached hydrogen (secondary N) is 1. The first-order valence-electron chi connectivity index (χ1n) is 7.95. The summed E-state index contributed by atoms with van der Waals surface area (Å²) < 4.78 is 6.36. The number of carbonyl (C=O) groups excluding carboxylic acids is 2. The van der Waals surface area contributed by atoms with Gasteiger partial charge in [-0.25, -0.2) is 5.01 Å².